The molecule has 0 unspecified atom stereocenters. The Hall–Kier alpha value is -3.74. The second-order valence-electron chi connectivity index (χ2n) is 5.95. The quantitative estimate of drug-likeness (QED) is 0.534. The van der Waals surface area contributed by atoms with Crippen LogP contribution in [-0.2, 0) is 6.54 Å². The number of aromatic nitrogens is 4. The zero-order valence-electron chi connectivity index (χ0n) is 14.8. The molecule has 0 atom stereocenters. The van der Waals surface area contributed by atoms with Gasteiger partial charge in [-0.15, -0.1) is 0 Å². The minimum atomic E-state index is 0.438. The van der Waals surface area contributed by atoms with Gasteiger partial charge < -0.3 is 15.2 Å². The number of nitrogens with one attached hydrogen (secondary N) is 2. The van der Waals surface area contributed by atoms with Crippen LogP contribution >= 0.6 is 0 Å². The van der Waals surface area contributed by atoms with Crippen molar-refractivity contribution in [2.24, 2.45) is 0 Å². The summed E-state index contributed by atoms with van der Waals surface area (Å²) >= 11 is 0. The molecule has 0 saturated heterocycles. The highest BCUT2D eigenvalue weighted by atomic mass is 16.5. The maximum atomic E-state index is 5.10. The normalized spacial score (nSPS) is 10.6. The van der Waals surface area contributed by atoms with E-state index in [-0.39, 0.29) is 0 Å². The second kappa shape index (κ2) is 7.65. The number of anilines is 3. The molecule has 0 aliphatic heterocycles. The second-order valence-corrected chi connectivity index (χ2v) is 5.95. The molecule has 7 heteroatoms. The van der Waals surface area contributed by atoms with E-state index in [4.69, 9.17) is 4.52 Å². The first-order chi connectivity index (χ1) is 13.3. The SMILES string of the molecule is Cc1cc(Nc2nc(NCc3ccccn3)cc(-c3ccccc3)n2)no1. The molecular formula is C20H18N6O. The van der Waals surface area contributed by atoms with Gasteiger partial charge in [-0.3, -0.25) is 4.98 Å². The van der Waals surface area contributed by atoms with Crippen molar-refractivity contribution in [1.82, 2.24) is 20.1 Å². The molecule has 1 aromatic carbocycles. The van der Waals surface area contributed by atoms with Crippen LogP contribution in [0, 0.1) is 6.92 Å². The largest absolute Gasteiger partial charge is 0.364 e. The van der Waals surface area contributed by atoms with Crippen LogP contribution in [0.2, 0.25) is 0 Å². The van der Waals surface area contributed by atoms with Crippen LogP contribution < -0.4 is 10.6 Å². The summed E-state index contributed by atoms with van der Waals surface area (Å²) in [6.07, 6.45) is 1.77. The summed E-state index contributed by atoms with van der Waals surface area (Å²) in [7, 11) is 0. The van der Waals surface area contributed by atoms with Crippen LogP contribution in [0.25, 0.3) is 11.3 Å². The molecule has 7 nitrogen and oxygen atoms in total. The van der Waals surface area contributed by atoms with E-state index in [1.54, 1.807) is 12.3 Å². The van der Waals surface area contributed by atoms with Gasteiger partial charge in [-0.25, -0.2) is 4.98 Å². The predicted octanol–water partition coefficient (Wildman–Crippen LogP) is 4.19. The minimum Gasteiger partial charge on any atom is -0.364 e. The zero-order valence-corrected chi connectivity index (χ0v) is 14.8. The van der Waals surface area contributed by atoms with Crippen molar-refractivity contribution in [3.05, 3.63) is 78.3 Å². The van der Waals surface area contributed by atoms with E-state index in [9.17, 15) is 0 Å². The lowest BCUT2D eigenvalue weighted by Gasteiger charge is -2.10. The van der Waals surface area contributed by atoms with E-state index in [2.05, 4.69) is 30.7 Å². The molecule has 0 bridgehead atoms. The fourth-order valence-electron chi connectivity index (χ4n) is 2.57. The lowest BCUT2D eigenvalue weighted by molar-refractivity contribution is 0.400. The third-order valence-corrected chi connectivity index (χ3v) is 3.84. The van der Waals surface area contributed by atoms with E-state index in [0.29, 0.717) is 29.9 Å². The first kappa shape index (κ1) is 16.7. The van der Waals surface area contributed by atoms with Crippen molar-refractivity contribution < 1.29 is 4.52 Å². The Balaban J connectivity index is 1.63. The smallest absolute Gasteiger partial charge is 0.231 e. The first-order valence-electron chi connectivity index (χ1n) is 8.55. The van der Waals surface area contributed by atoms with E-state index in [1.165, 1.54) is 0 Å². The molecule has 3 heterocycles. The Labute approximate surface area is 156 Å². The molecule has 0 radical (unpaired) electrons. The maximum Gasteiger partial charge on any atom is 0.231 e. The summed E-state index contributed by atoms with van der Waals surface area (Å²) in [5.41, 5.74) is 2.73. The Morgan fingerprint density at radius 2 is 1.78 bits per heavy atom. The van der Waals surface area contributed by atoms with Gasteiger partial charge in [-0.05, 0) is 19.1 Å². The molecule has 0 aliphatic rings. The molecule has 134 valence electrons. The van der Waals surface area contributed by atoms with Crippen molar-refractivity contribution in [1.29, 1.82) is 0 Å². The average Bonchev–Trinajstić information content (AvgIpc) is 3.12. The number of rotatable bonds is 6. The average molecular weight is 358 g/mol. The molecule has 4 aromatic rings. The summed E-state index contributed by atoms with van der Waals surface area (Å²) in [4.78, 5) is 13.5. The topological polar surface area (TPSA) is 88.8 Å². The molecule has 0 amide bonds. The number of aryl methyl sites for hydroxylation is 1. The third-order valence-electron chi connectivity index (χ3n) is 3.84. The van der Waals surface area contributed by atoms with Crippen molar-refractivity contribution in [3.63, 3.8) is 0 Å². The molecule has 0 saturated carbocycles. The molecule has 0 aliphatic carbocycles. The molecule has 3 aromatic heterocycles. The lowest BCUT2D eigenvalue weighted by atomic mass is 10.1. The number of benzene rings is 1. The van der Waals surface area contributed by atoms with Gasteiger partial charge >= 0.3 is 0 Å². The Kier molecular flexibility index (Phi) is 4.74. The number of hydrogen-bond donors (Lipinski definition) is 2. The van der Waals surface area contributed by atoms with E-state index in [1.807, 2.05) is 61.5 Å². The summed E-state index contributed by atoms with van der Waals surface area (Å²) in [5, 5.41) is 10.3. The van der Waals surface area contributed by atoms with Crippen LogP contribution in [0.3, 0.4) is 0 Å². The van der Waals surface area contributed by atoms with Crippen LogP contribution in [0.15, 0.2) is 71.4 Å². The number of nitrogens with zero attached hydrogens (tertiary/aromatic N) is 4. The van der Waals surface area contributed by atoms with Crippen LogP contribution in [0.1, 0.15) is 11.5 Å². The zero-order chi connectivity index (χ0) is 18.5. The van der Waals surface area contributed by atoms with Crippen molar-refractivity contribution in [2.45, 2.75) is 13.5 Å². The van der Waals surface area contributed by atoms with Crippen molar-refractivity contribution in [3.8, 4) is 11.3 Å². The highest BCUT2D eigenvalue weighted by molar-refractivity contribution is 5.65. The Bertz CT molecular complexity index is 1020. The molecule has 4 rings (SSSR count). The fourth-order valence-corrected chi connectivity index (χ4v) is 2.57. The Morgan fingerprint density at radius 3 is 2.52 bits per heavy atom. The van der Waals surface area contributed by atoms with Crippen LogP contribution in [0.4, 0.5) is 17.6 Å². The summed E-state index contributed by atoms with van der Waals surface area (Å²) < 4.78 is 5.10. The van der Waals surface area contributed by atoms with Gasteiger partial charge in [0, 0.05) is 23.9 Å². The first-order valence-corrected chi connectivity index (χ1v) is 8.55. The summed E-state index contributed by atoms with van der Waals surface area (Å²) in [6.45, 7) is 2.40. The summed E-state index contributed by atoms with van der Waals surface area (Å²) in [6, 6.07) is 19.5. The molecule has 0 fully saturated rings. The summed E-state index contributed by atoms with van der Waals surface area (Å²) in [5.74, 6) is 2.41. The molecule has 2 N–H and O–H groups in total. The maximum absolute atomic E-state index is 5.10. The lowest BCUT2D eigenvalue weighted by Crippen LogP contribution is -2.06. The minimum absolute atomic E-state index is 0.438. The van der Waals surface area contributed by atoms with Crippen LogP contribution in [0.5, 0.6) is 0 Å². The molecule has 0 spiro atoms. The van der Waals surface area contributed by atoms with Crippen molar-refractivity contribution >= 4 is 17.6 Å². The fraction of sp³-hybridized carbons (Fsp3) is 0.100. The standard InChI is InChI=1S/C20H18N6O/c1-14-11-19(26-27-14)25-20-23-17(15-7-3-2-4-8-15)12-18(24-20)22-13-16-9-5-6-10-21-16/h2-12H,13H2,1H3,(H2,22,23,24,25,26). The highest BCUT2D eigenvalue weighted by Gasteiger charge is 2.09. The van der Waals surface area contributed by atoms with Crippen molar-refractivity contribution in [2.75, 3.05) is 10.6 Å². The monoisotopic (exact) mass is 358 g/mol. The number of hydrogen-bond acceptors (Lipinski definition) is 7. The van der Waals surface area contributed by atoms with E-state index < -0.39 is 0 Å². The predicted molar refractivity (Wildman–Crippen MR) is 104 cm³/mol. The highest BCUT2D eigenvalue weighted by Crippen LogP contribution is 2.23. The van der Waals surface area contributed by atoms with E-state index >= 15 is 0 Å². The Morgan fingerprint density at radius 1 is 0.926 bits per heavy atom. The van der Waals surface area contributed by atoms with Gasteiger partial charge in [0.25, 0.3) is 0 Å². The molecule has 27 heavy (non-hydrogen) atoms. The third kappa shape index (κ3) is 4.27. The van der Waals surface area contributed by atoms with Crippen LogP contribution in [-0.4, -0.2) is 20.1 Å². The van der Waals surface area contributed by atoms with Gasteiger partial charge in [0.15, 0.2) is 5.82 Å². The number of pyridine rings is 1. The van der Waals surface area contributed by atoms with Gasteiger partial charge in [-0.1, -0.05) is 41.6 Å². The van der Waals surface area contributed by atoms with Gasteiger partial charge in [0.05, 0.1) is 17.9 Å². The van der Waals surface area contributed by atoms with Gasteiger partial charge in [0.2, 0.25) is 5.95 Å². The van der Waals surface area contributed by atoms with Gasteiger partial charge in [0.1, 0.15) is 11.6 Å². The van der Waals surface area contributed by atoms with Gasteiger partial charge in [-0.2, -0.15) is 4.98 Å². The molecular weight excluding hydrogens is 340 g/mol. The van der Waals surface area contributed by atoms with E-state index in [0.717, 1.165) is 17.0 Å².